The Bertz CT molecular complexity index is 203. The van der Waals surface area contributed by atoms with E-state index in [2.05, 4.69) is 11.0 Å². The summed E-state index contributed by atoms with van der Waals surface area (Å²) in [5, 5.41) is 0. The maximum atomic E-state index is 5.59. The number of nitrogens with two attached hydrogens (primary N) is 1. The van der Waals surface area contributed by atoms with E-state index in [0.717, 1.165) is 32.7 Å². The van der Waals surface area contributed by atoms with Crippen LogP contribution in [0.5, 0.6) is 0 Å². The monoisotopic (exact) mass is 214 g/mol. The largest absolute Gasteiger partial charge is 0.380 e. The molecular formula is C11H22N2O2. The van der Waals surface area contributed by atoms with Crippen LogP contribution in [0.4, 0.5) is 0 Å². The molecule has 0 aromatic heterocycles. The van der Waals surface area contributed by atoms with Crippen molar-refractivity contribution in [3.63, 3.8) is 0 Å². The lowest BCUT2D eigenvalue weighted by Crippen LogP contribution is -2.40. The Morgan fingerprint density at radius 3 is 2.80 bits per heavy atom. The van der Waals surface area contributed by atoms with Gasteiger partial charge in [-0.3, -0.25) is 4.90 Å². The second-order valence-corrected chi connectivity index (χ2v) is 3.90. The molecule has 0 amide bonds. The van der Waals surface area contributed by atoms with Gasteiger partial charge in [0.2, 0.25) is 0 Å². The Balaban J connectivity index is 2.30. The van der Waals surface area contributed by atoms with Crippen molar-refractivity contribution in [1.82, 2.24) is 4.90 Å². The van der Waals surface area contributed by atoms with Crippen molar-refractivity contribution in [3.8, 4) is 0 Å². The van der Waals surface area contributed by atoms with E-state index in [0.29, 0.717) is 6.54 Å². The van der Waals surface area contributed by atoms with Crippen molar-refractivity contribution >= 4 is 0 Å². The summed E-state index contributed by atoms with van der Waals surface area (Å²) in [7, 11) is 3.45. The lowest BCUT2D eigenvalue weighted by Gasteiger charge is -2.28. The van der Waals surface area contributed by atoms with Crippen LogP contribution >= 0.6 is 0 Å². The number of ether oxygens (including phenoxy) is 2. The molecule has 1 aliphatic rings. The van der Waals surface area contributed by atoms with Gasteiger partial charge in [0.1, 0.15) is 0 Å². The topological polar surface area (TPSA) is 47.7 Å². The van der Waals surface area contributed by atoms with Crippen LogP contribution in [0.1, 0.15) is 6.42 Å². The highest BCUT2D eigenvalue weighted by atomic mass is 16.5. The molecule has 2 N–H and O–H groups in total. The molecule has 0 aromatic carbocycles. The molecule has 1 unspecified atom stereocenters. The van der Waals surface area contributed by atoms with Gasteiger partial charge in [-0.1, -0.05) is 6.08 Å². The third-order valence-electron chi connectivity index (χ3n) is 2.78. The summed E-state index contributed by atoms with van der Waals surface area (Å²) >= 11 is 0. The minimum atomic E-state index is 0.155. The predicted molar refractivity (Wildman–Crippen MR) is 60.9 cm³/mol. The molecule has 0 aromatic rings. The molecule has 1 atom stereocenters. The lowest BCUT2D eigenvalue weighted by atomic mass is 10.1. The number of hydrogen-bond acceptors (Lipinski definition) is 4. The van der Waals surface area contributed by atoms with Gasteiger partial charge in [0.05, 0.1) is 12.7 Å². The summed E-state index contributed by atoms with van der Waals surface area (Å²) in [6.45, 7) is 4.33. The highest BCUT2D eigenvalue weighted by Gasteiger charge is 2.15. The fourth-order valence-electron chi connectivity index (χ4n) is 1.77. The van der Waals surface area contributed by atoms with E-state index in [-0.39, 0.29) is 6.10 Å². The maximum Gasteiger partial charge on any atom is 0.0820 e. The molecule has 1 rings (SSSR count). The summed E-state index contributed by atoms with van der Waals surface area (Å²) in [5.41, 5.74) is 6.99. The van der Waals surface area contributed by atoms with Gasteiger partial charge in [0.15, 0.2) is 0 Å². The van der Waals surface area contributed by atoms with E-state index in [1.165, 1.54) is 5.57 Å². The molecule has 0 fully saturated rings. The molecule has 0 saturated heterocycles. The standard InChI is InChI=1S/C11H22N2O2/c1-14-9-10-3-5-13(6-4-10)8-11(7-12)15-2/h3,11H,4-9,12H2,1-2H3. The van der Waals surface area contributed by atoms with Crippen LogP contribution in [0.2, 0.25) is 0 Å². The molecule has 0 bridgehead atoms. The van der Waals surface area contributed by atoms with Crippen molar-refractivity contribution in [1.29, 1.82) is 0 Å². The van der Waals surface area contributed by atoms with Crippen LogP contribution in [-0.4, -0.2) is 58.0 Å². The van der Waals surface area contributed by atoms with E-state index >= 15 is 0 Å². The van der Waals surface area contributed by atoms with Crippen LogP contribution < -0.4 is 5.73 Å². The Morgan fingerprint density at radius 2 is 2.33 bits per heavy atom. The average molecular weight is 214 g/mol. The number of nitrogens with zero attached hydrogens (tertiary/aromatic N) is 1. The van der Waals surface area contributed by atoms with Crippen molar-refractivity contribution in [3.05, 3.63) is 11.6 Å². The normalized spacial score (nSPS) is 20.1. The first-order valence-electron chi connectivity index (χ1n) is 5.42. The summed E-state index contributed by atoms with van der Waals surface area (Å²) in [5.74, 6) is 0. The molecule has 88 valence electrons. The third kappa shape index (κ3) is 4.30. The van der Waals surface area contributed by atoms with Crippen LogP contribution in [0.15, 0.2) is 11.6 Å². The SMILES string of the molecule is COCC1=CCN(CC(CN)OC)CC1. The maximum absolute atomic E-state index is 5.59. The molecule has 1 aliphatic heterocycles. The smallest absolute Gasteiger partial charge is 0.0820 e. The first-order chi connectivity index (χ1) is 7.30. The molecule has 0 spiro atoms. The zero-order valence-corrected chi connectivity index (χ0v) is 9.74. The van der Waals surface area contributed by atoms with Crippen molar-refractivity contribution < 1.29 is 9.47 Å². The van der Waals surface area contributed by atoms with Crippen LogP contribution in [0.3, 0.4) is 0 Å². The van der Waals surface area contributed by atoms with Gasteiger partial charge < -0.3 is 15.2 Å². The Morgan fingerprint density at radius 1 is 1.53 bits per heavy atom. The third-order valence-corrected chi connectivity index (χ3v) is 2.78. The first-order valence-corrected chi connectivity index (χ1v) is 5.42. The van der Waals surface area contributed by atoms with Crippen LogP contribution in [0, 0.1) is 0 Å². The Labute approximate surface area is 92.0 Å². The summed E-state index contributed by atoms with van der Waals surface area (Å²) in [6, 6.07) is 0. The molecule has 4 nitrogen and oxygen atoms in total. The van der Waals surface area contributed by atoms with Crippen molar-refractivity contribution in [2.24, 2.45) is 5.73 Å². The van der Waals surface area contributed by atoms with Gasteiger partial charge in [0.25, 0.3) is 0 Å². The molecule has 1 heterocycles. The molecule has 0 aliphatic carbocycles. The first kappa shape index (κ1) is 12.6. The molecular weight excluding hydrogens is 192 g/mol. The fourth-order valence-corrected chi connectivity index (χ4v) is 1.77. The second-order valence-electron chi connectivity index (χ2n) is 3.90. The van der Waals surface area contributed by atoms with E-state index in [9.17, 15) is 0 Å². The minimum absolute atomic E-state index is 0.155. The van der Waals surface area contributed by atoms with Crippen LogP contribution in [-0.2, 0) is 9.47 Å². The zero-order chi connectivity index (χ0) is 11.1. The van der Waals surface area contributed by atoms with Gasteiger partial charge in [0, 0.05) is 40.4 Å². The minimum Gasteiger partial charge on any atom is -0.380 e. The summed E-state index contributed by atoms with van der Waals surface area (Å²) < 4.78 is 10.4. The fraction of sp³-hybridized carbons (Fsp3) is 0.818. The highest BCUT2D eigenvalue weighted by Crippen LogP contribution is 2.11. The van der Waals surface area contributed by atoms with E-state index < -0.39 is 0 Å². The summed E-state index contributed by atoms with van der Waals surface area (Å²) in [6.07, 6.45) is 3.49. The lowest BCUT2D eigenvalue weighted by molar-refractivity contribution is 0.0718. The van der Waals surface area contributed by atoms with E-state index in [1.807, 2.05) is 0 Å². The van der Waals surface area contributed by atoms with Gasteiger partial charge in [-0.25, -0.2) is 0 Å². The number of methoxy groups -OCH3 is 2. The van der Waals surface area contributed by atoms with Gasteiger partial charge >= 0.3 is 0 Å². The average Bonchev–Trinajstić information content (AvgIpc) is 2.28. The van der Waals surface area contributed by atoms with Crippen molar-refractivity contribution in [2.45, 2.75) is 12.5 Å². The van der Waals surface area contributed by atoms with Gasteiger partial charge in [-0.15, -0.1) is 0 Å². The van der Waals surface area contributed by atoms with Crippen LogP contribution in [0.25, 0.3) is 0 Å². The van der Waals surface area contributed by atoms with Gasteiger partial charge in [-0.2, -0.15) is 0 Å². The molecule has 15 heavy (non-hydrogen) atoms. The Kier molecular flexibility index (Phi) is 5.86. The molecule has 0 saturated carbocycles. The summed E-state index contributed by atoms with van der Waals surface area (Å²) in [4.78, 5) is 2.36. The zero-order valence-electron chi connectivity index (χ0n) is 9.74. The highest BCUT2D eigenvalue weighted by molar-refractivity contribution is 5.07. The van der Waals surface area contributed by atoms with E-state index in [4.69, 9.17) is 15.2 Å². The van der Waals surface area contributed by atoms with Gasteiger partial charge in [-0.05, 0) is 12.0 Å². The molecule has 0 radical (unpaired) electrons. The second kappa shape index (κ2) is 6.95. The number of hydrogen-bond donors (Lipinski definition) is 1. The van der Waals surface area contributed by atoms with Crippen molar-refractivity contribution in [2.75, 3.05) is 47.0 Å². The quantitative estimate of drug-likeness (QED) is 0.643. The predicted octanol–water partition coefficient (Wildman–Crippen LogP) is 0.239. The number of rotatable bonds is 6. The molecule has 4 heteroatoms. The Hall–Kier alpha value is -0.420. The van der Waals surface area contributed by atoms with E-state index in [1.54, 1.807) is 14.2 Å².